The molecule has 3 rings (SSSR count). The number of hydrogen-bond donors (Lipinski definition) is 2. The summed E-state index contributed by atoms with van der Waals surface area (Å²) in [5.41, 5.74) is -0.318. The zero-order chi connectivity index (χ0) is 18.4. The Balaban J connectivity index is 1.74. The Hall–Kier alpha value is -1.93. The summed E-state index contributed by atoms with van der Waals surface area (Å²) in [6.45, 7) is 7.63. The third kappa shape index (κ3) is 3.41. The molecule has 2 amide bonds. The van der Waals surface area contributed by atoms with Gasteiger partial charge in [-0.25, -0.2) is 4.39 Å². The molecule has 2 N–H and O–H groups in total. The van der Waals surface area contributed by atoms with Gasteiger partial charge in [0.1, 0.15) is 11.9 Å². The number of anilines is 1. The third-order valence-electron chi connectivity index (χ3n) is 5.09. The molecule has 0 bridgehead atoms. The first-order valence-electron chi connectivity index (χ1n) is 8.34. The third-order valence-corrected chi connectivity index (χ3v) is 5.09. The number of halogens is 1. The number of piperidine rings is 1. The van der Waals surface area contributed by atoms with Crippen molar-refractivity contribution in [2.45, 2.75) is 57.8 Å². The normalized spacial score (nSPS) is 25.0. The summed E-state index contributed by atoms with van der Waals surface area (Å²) in [7, 11) is -0.783. The molecule has 2 aliphatic heterocycles. The Morgan fingerprint density at radius 2 is 1.84 bits per heavy atom. The lowest BCUT2D eigenvalue weighted by Gasteiger charge is -2.32. The molecule has 8 heteroatoms. The molecule has 2 fully saturated rings. The summed E-state index contributed by atoms with van der Waals surface area (Å²) in [5, 5.41) is 5.22. The molecule has 0 aromatic heterocycles. The second kappa shape index (κ2) is 6.11. The zero-order valence-corrected chi connectivity index (χ0v) is 14.8. The van der Waals surface area contributed by atoms with Crippen molar-refractivity contribution in [3.05, 3.63) is 24.0 Å². The number of imide groups is 1. The van der Waals surface area contributed by atoms with Crippen LogP contribution in [0.3, 0.4) is 0 Å². The molecule has 134 valence electrons. The smallest absolute Gasteiger partial charge is 0.399 e. The van der Waals surface area contributed by atoms with E-state index in [4.69, 9.17) is 9.31 Å². The summed E-state index contributed by atoms with van der Waals surface area (Å²) in [5.74, 6) is -1.16. The van der Waals surface area contributed by atoms with Gasteiger partial charge in [-0.05, 0) is 46.2 Å². The Bertz CT molecular complexity index is 707. The minimum atomic E-state index is -0.783. The first kappa shape index (κ1) is 17.9. The molecule has 0 radical (unpaired) electrons. The first-order chi connectivity index (χ1) is 11.6. The number of carbonyl (C=O) groups is 2. The van der Waals surface area contributed by atoms with Gasteiger partial charge in [0, 0.05) is 17.6 Å². The minimum Gasteiger partial charge on any atom is -0.399 e. The molecule has 25 heavy (non-hydrogen) atoms. The molecule has 1 unspecified atom stereocenters. The Kier molecular flexibility index (Phi) is 4.37. The van der Waals surface area contributed by atoms with E-state index in [1.54, 1.807) is 12.1 Å². The van der Waals surface area contributed by atoms with E-state index in [0.717, 1.165) is 0 Å². The summed E-state index contributed by atoms with van der Waals surface area (Å²) in [4.78, 5) is 23.0. The van der Waals surface area contributed by atoms with Gasteiger partial charge in [-0.15, -0.1) is 0 Å². The van der Waals surface area contributed by atoms with Crippen LogP contribution < -0.4 is 16.1 Å². The molecule has 2 saturated heterocycles. The van der Waals surface area contributed by atoms with Crippen LogP contribution >= 0.6 is 0 Å². The van der Waals surface area contributed by atoms with Crippen molar-refractivity contribution < 1.29 is 23.3 Å². The fourth-order valence-electron chi connectivity index (χ4n) is 2.81. The largest absolute Gasteiger partial charge is 0.497 e. The summed E-state index contributed by atoms with van der Waals surface area (Å²) in [6, 6.07) is 4.02. The van der Waals surface area contributed by atoms with Gasteiger partial charge in [-0.2, -0.15) is 0 Å². The number of benzene rings is 1. The molecule has 1 atom stereocenters. The lowest BCUT2D eigenvalue weighted by molar-refractivity contribution is -0.133. The lowest BCUT2D eigenvalue weighted by Crippen LogP contribution is -2.47. The van der Waals surface area contributed by atoms with Crippen molar-refractivity contribution in [2.24, 2.45) is 0 Å². The molecule has 1 aromatic rings. The zero-order valence-electron chi connectivity index (χ0n) is 14.8. The number of hydrogen-bond acceptors (Lipinski definition) is 5. The van der Waals surface area contributed by atoms with E-state index >= 15 is 0 Å². The number of nitrogens with one attached hydrogen (secondary N) is 2. The van der Waals surface area contributed by atoms with Crippen molar-refractivity contribution in [1.29, 1.82) is 0 Å². The average Bonchev–Trinajstić information content (AvgIpc) is 2.70. The van der Waals surface area contributed by atoms with Gasteiger partial charge in [0.15, 0.2) is 0 Å². The topological polar surface area (TPSA) is 76.7 Å². The maximum absolute atomic E-state index is 14.6. The molecular weight excluding hydrogens is 326 g/mol. The monoisotopic (exact) mass is 348 g/mol. The second-order valence-corrected chi connectivity index (χ2v) is 7.47. The highest BCUT2D eigenvalue weighted by atomic mass is 19.1. The predicted molar refractivity (Wildman–Crippen MR) is 91.9 cm³/mol. The van der Waals surface area contributed by atoms with E-state index in [0.29, 0.717) is 17.6 Å². The molecule has 0 aliphatic carbocycles. The molecule has 0 spiro atoms. The maximum atomic E-state index is 14.6. The molecule has 0 saturated carbocycles. The van der Waals surface area contributed by atoms with E-state index in [9.17, 15) is 14.0 Å². The van der Waals surface area contributed by atoms with Crippen LogP contribution in [0.2, 0.25) is 0 Å². The summed E-state index contributed by atoms with van der Waals surface area (Å²) in [6.07, 6.45) is 0.642. The Morgan fingerprint density at radius 3 is 2.40 bits per heavy atom. The van der Waals surface area contributed by atoms with Crippen molar-refractivity contribution in [3.63, 3.8) is 0 Å². The SMILES string of the molecule is CC1(C)OB(c2ccc(NC3CCC(=O)NC3=O)cc2F)OC1(C)C. The van der Waals surface area contributed by atoms with Gasteiger partial charge in [0.2, 0.25) is 11.8 Å². The van der Waals surface area contributed by atoms with Crippen LogP contribution in [0.5, 0.6) is 0 Å². The predicted octanol–water partition coefficient (Wildman–Crippen LogP) is 1.34. The molecule has 1 aromatic carbocycles. The van der Waals surface area contributed by atoms with Crippen molar-refractivity contribution in [3.8, 4) is 0 Å². The highest BCUT2D eigenvalue weighted by molar-refractivity contribution is 6.62. The van der Waals surface area contributed by atoms with Crippen molar-refractivity contribution in [2.75, 3.05) is 5.32 Å². The van der Waals surface area contributed by atoms with Gasteiger partial charge in [0.25, 0.3) is 0 Å². The van der Waals surface area contributed by atoms with E-state index in [1.807, 2.05) is 27.7 Å². The number of amides is 2. The first-order valence-corrected chi connectivity index (χ1v) is 8.34. The van der Waals surface area contributed by atoms with Crippen LogP contribution in [0.4, 0.5) is 10.1 Å². The number of rotatable bonds is 3. The van der Waals surface area contributed by atoms with Crippen LogP contribution in [-0.2, 0) is 18.9 Å². The quantitative estimate of drug-likeness (QED) is 0.637. The van der Waals surface area contributed by atoms with Crippen LogP contribution in [-0.4, -0.2) is 36.2 Å². The summed E-state index contributed by atoms with van der Waals surface area (Å²) < 4.78 is 26.3. The molecule has 2 heterocycles. The fourth-order valence-corrected chi connectivity index (χ4v) is 2.81. The van der Waals surface area contributed by atoms with Crippen LogP contribution in [0.15, 0.2) is 18.2 Å². The van der Waals surface area contributed by atoms with Gasteiger partial charge >= 0.3 is 7.12 Å². The molecule has 2 aliphatic rings. The Morgan fingerprint density at radius 1 is 1.20 bits per heavy atom. The lowest BCUT2D eigenvalue weighted by atomic mass is 9.78. The highest BCUT2D eigenvalue weighted by Crippen LogP contribution is 2.36. The number of carbonyl (C=O) groups excluding carboxylic acids is 2. The van der Waals surface area contributed by atoms with Crippen LogP contribution in [0.1, 0.15) is 40.5 Å². The second-order valence-electron chi connectivity index (χ2n) is 7.47. The minimum absolute atomic E-state index is 0.262. The molecule has 6 nitrogen and oxygen atoms in total. The van der Waals surface area contributed by atoms with Crippen LogP contribution in [0.25, 0.3) is 0 Å². The van der Waals surface area contributed by atoms with Gasteiger partial charge in [-0.1, -0.05) is 6.07 Å². The highest BCUT2D eigenvalue weighted by Gasteiger charge is 2.52. The maximum Gasteiger partial charge on any atom is 0.497 e. The van der Waals surface area contributed by atoms with E-state index in [1.165, 1.54) is 6.07 Å². The van der Waals surface area contributed by atoms with E-state index in [-0.39, 0.29) is 12.3 Å². The van der Waals surface area contributed by atoms with Crippen molar-refractivity contribution >= 4 is 30.1 Å². The standard InChI is InChI=1S/C17H22BFN2O4/c1-16(2)17(3,4)25-18(24-16)11-6-5-10(9-12(11)19)20-13-7-8-14(22)21-15(13)23/h5-6,9,13,20H,7-8H2,1-4H3,(H,21,22,23). The van der Waals surface area contributed by atoms with Crippen LogP contribution in [0, 0.1) is 5.82 Å². The fraction of sp³-hybridized carbons (Fsp3) is 0.529. The van der Waals surface area contributed by atoms with Gasteiger partial charge < -0.3 is 14.6 Å². The van der Waals surface area contributed by atoms with E-state index in [2.05, 4.69) is 10.6 Å². The van der Waals surface area contributed by atoms with Gasteiger partial charge in [-0.3, -0.25) is 14.9 Å². The average molecular weight is 348 g/mol. The summed E-state index contributed by atoms with van der Waals surface area (Å²) >= 11 is 0. The Labute approximate surface area is 146 Å². The molecular formula is C17H22BFN2O4. The van der Waals surface area contributed by atoms with E-state index < -0.39 is 36.1 Å². The van der Waals surface area contributed by atoms with Crippen molar-refractivity contribution in [1.82, 2.24) is 5.32 Å². The van der Waals surface area contributed by atoms with Gasteiger partial charge in [0.05, 0.1) is 11.2 Å².